The minimum Gasteiger partial charge on any atom is -0.228 e. The van der Waals surface area contributed by atoms with Crippen LogP contribution in [0.2, 0.25) is 0 Å². The second-order valence-corrected chi connectivity index (χ2v) is 5.99. The van der Waals surface area contributed by atoms with Crippen LogP contribution in [0.15, 0.2) is 0 Å². The molecular formula is C7H12O2S. The van der Waals surface area contributed by atoms with Gasteiger partial charge >= 0.3 is 0 Å². The Morgan fingerprint density at radius 1 is 1.30 bits per heavy atom. The molecule has 2 aliphatic heterocycles. The summed E-state index contributed by atoms with van der Waals surface area (Å²) in [5, 5.41) is 0.0602. The monoisotopic (exact) mass is 160 g/mol. The molecule has 0 aromatic heterocycles. The fourth-order valence-electron chi connectivity index (χ4n) is 2.35. The fraction of sp³-hybridized carbons (Fsp3) is 1.00. The summed E-state index contributed by atoms with van der Waals surface area (Å²) in [4.78, 5) is 0. The highest BCUT2D eigenvalue weighted by molar-refractivity contribution is 7.93. The topological polar surface area (TPSA) is 34.1 Å². The predicted octanol–water partition coefficient (Wildman–Crippen LogP) is 0.972. The van der Waals surface area contributed by atoms with Crippen molar-refractivity contribution in [3.63, 3.8) is 0 Å². The molecule has 0 N–H and O–H groups in total. The molecule has 0 spiro atoms. The molecule has 0 saturated carbocycles. The van der Waals surface area contributed by atoms with Gasteiger partial charge in [-0.15, -0.1) is 0 Å². The zero-order chi connectivity index (χ0) is 7.35. The van der Waals surface area contributed by atoms with Crippen molar-refractivity contribution in [3.8, 4) is 0 Å². The van der Waals surface area contributed by atoms with Crippen molar-refractivity contribution in [1.82, 2.24) is 0 Å². The second-order valence-electron chi connectivity index (χ2n) is 3.54. The third kappa shape index (κ3) is 0.617. The summed E-state index contributed by atoms with van der Waals surface area (Å²) in [6.07, 6.45) is 2.78. The van der Waals surface area contributed by atoms with E-state index in [4.69, 9.17) is 0 Å². The smallest absolute Gasteiger partial charge is 0.156 e. The van der Waals surface area contributed by atoms with Crippen LogP contribution in [-0.2, 0) is 9.84 Å². The van der Waals surface area contributed by atoms with E-state index in [9.17, 15) is 8.42 Å². The average molecular weight is 160 g/mol. The van der Waals surface area contributed by atoms with Gasteiger partial charge in [-0.25, -0.2) is 8.42 Å². The summed E-state index contributed by atoms with van der Waals surface area (Å²) in [5.41, 5.74) is 0. The maximum absolute atomic E-state index is 11.4. The van der Waals surface area contributed by atoms with E-state index in [1.807, 2.05) is 0 Å². The zero-order valence-electron chi connectivity index (χ0n) is 6.08. The van der Waals surface area contributed by atoms with Crippen molar-refractivity contribution in [3.05, 3.63) is 0 Å². The molecule has 3 heteroatoms. The SMILES string of the molecule is C[C@H]1CC2CCC1S2(=O)=O. The van der Waals surface area contributed by atoms with Gasteiger partial charge in [0, 0.05) is 0 Å². The third-order valence-electron chi connectivity index (χ3n) is 2.93. The Balaban J connectivity index is 2.45. The Bertz CT molecular complexity index is 242. The molecule has 2 heterocycles. The largest absolute Gasteiger partial charge is 0.228 e. The van der Waals surface area contributed by atoms with Crippen LogP contribution in [0.3, 0.4) is 0 Å². The summed E-state index contributed by atoms with van der Waals surface area (Å²) in [6.45, 7) is 2.06. The number of hydrogen-bond acceptors (Lipinski definition) is 2. The maximum Gasteiger partial charge on any atom is 0.156 e. The molecule has 58 valence electrons. The molecule has 3 atom stereocenters. The zero-order valence-corrected chi connectivity index (χ0v) is 6.89. The van der Waals surface area contributed by atoms with Crippen LogP contribution in [0.1, 0.15) is 26.2 Å². The van der Waals surface area contributed by atoms with E-state index in [-0.39, 0.29) is 10.5 Å². The van der Waals surface area contributed by atoms with Crippen molar-refractivity contribution < 1.29 is 8.42 Å². The first-order valence-electron chi connectivity index (χ1n) is 3.85. The van der Waals surface area contributed by atoms with Gasteiger partial charge in [-0.05, 0) is 25.2 Å². The number of fused-ring (bicyclic) bond motifs is 2. The van der Waals surface area contributed by atoms with E-state index >= 15 is 0 Å². The lowest BCUT2D eigenvalue weighted by atomic mass is 9.91. The highest BCUT2D eigenvalue weighted by atomic mass is 32.2. The van der Waals surface area contributed by atoms with Gasteiger partial charge in [0.1, 0.15) is 0 Å². The lowest BCUT2D eigenvalue weighted by Gasteiger charge is -2.11. The van der Waals surface area contributed by atoms with Crippen molar-refractivity contribution in [1.29, 1.82) is 0 Å². The fourth-order valence-corrected chi connectivity index (χ4v) is 5.11. The van der Waals surface area contributed by atoms with Crippen LogP contribution in [-0.4, -0.2) is 18.9 Å². The van der Waals surface area contributed by atoms with Gasteiger partial charge in [0.2, 0.25) is 0 Å². The van der Waals surface area contributed by atoms with Crippen molar-refractivity contribution in [2.45, 2.75) is 36.7 Å². The molecule has 0 aromatic carbocycles. The summed E-state index contributed by atoms with van der Waals surface area (Å²) >= 11 is 0. The van der Waals surface area contributed by atoms with E-state index in [2.05, 4.69) is 6.92 Å². The third-order valence-corrected chi connectivity index (χ3v) is 5.83. The van der Waals surface area contributed by atoms with E-state index in [0.29, 0.717) is 5.92 Å². The Morgan fingerprint density at radius 3 is 2.20 bits per heavy atom. The molecule has 2 saturated heterocycles. The summed E-state index contributed by atoms with van der Waals surface area (Å²) in [5.74, 6) is 0.434. The first-order chi connectivity index (χ1) is 4.62. The molecule has 2 nitrogen and oxygen atoms in total. The van der Waals surface area contributed by atoms with Gasteiger partial charge in [0.05, 0.1) is 10.5 Å². The number of rotatable bonds is 0. The van der Waals surface area contributed by atoms with Crippen molar-refractivity contribution >= 4 is 9.84 Å². The molecule has 2 fully saturated rings. The summed E-state index contributed by atoms with van der Waals surface area (Å²) in [6, 6.07) is 0. The van der Waals surface area contributed by atoms with Crippen molar-refractivity contribution in [2.24, 2.45) is 5.92 Å². The minimum atomic E-state index is -2.64. The molecule has 0 aromatic rings. The summed E-state index contributed by atoms with van der Waals surface area (Å²) < 4.78 is 22.7. The summed E-state index contributed by atoms with van der Waals surface area (Å²) in [7, 11) is -2.64. The number of hydrogen-bond donors (Lipinski definition) is 0. The van der Waals surface area contributed by atoms with E-state index < -0.39 is 9.84 Å². The van der Waals surface area contributed by atoms with Crippen LogP contribution >= 0.6 is 0 Å². The van der Waals surface area contributed by atoms with Crippen LogP contribution in [0, 0.1) is 5.92 Å². The molecular weight excluding hydrogens is 148 g/mol. The van der Waals surface area contributed by atoms with Gasteiger partial charge in [0.25, 0.3) is 0 Å². The molecule has 2 unspecified atom stereocenters. The first kappa shape index (κ1) is 6.65. The molecule has 2 rings (SSSR count). The van der Waals surface area contributed by atoms with Crippen molar-refractivity contribution in [2.75, 3.05) is 0 Å². The van der Waals surface area contributed by atoms with Gasteiger partial charge in [-0.3, -0.25) is 0 Å². The Hall–Kier alpha value is -0.0500. The van der Waals surface area contributed by atoms with E-state index in [1.165, 1.54) is 0 Å². The minimum absolute atomic E-state index is 0.0255. The highest BCUT2D eigenvalue weighted by Gasteiger charge is 2.50. The Kier molecular flexibility index (Phi) is 1.17. The first-order valence-corrected chi connectivity index (χ1v) is 5.46. The van der Waals surface area contributed by atoms with Gasteiger partial charge in [0.15, 0.2) is 9.84 Å². The normalized spacial score (nSPS) is 49.9. The standard InChI is InChI=1S/C7H12O2S/c1-5-4-6-2-3-7(5)10(6,8)9/h5-7H,2-4H2,1H3/t5-,6?,7?/m0/s1. The highest BCUT2D eigenvalue weighted by Crippen LogP contribution is 2.43. The maximum atomic E-state index is 11.4. The van der Waals surface area contributed by atoms with Crippen LogP contribution in [0.25, 0.3) is 0 Å². The van der Waals surface area contributed by atoms with Crippen LogP contribution in [0.5, 0.6) is 0 Å². The molecule has 10 heavy (non-hydrogen) atoms. The second kappa shape index (κ2) is 1.76. The van der Waals surface area contributed by atoms with Gasteiger partial charge in [-0.2, -0.15) is 0 Å². The van der Waals surface area contributed by atoms with Gasteiger partial charge in [-0.1, -0.05) is 6.92 Å². The molecule has 0 amide bonds. The molecule has 0 radical (unpaired) electrons. The molecule has 2 bridgehead atoms. The quantitative estimate of drug-likeness (QED) is 0.529. The van der Waals surface area contributed by atoms with E-state index in [0.717, 1.165) is 19.3 Å². The molecule has 2 aliphatic rings. The lowest BCUT2D eigenvalue weighted by Crippen LogP contribution is -2.15. The van der Waals surface area contributed by atoms with E-state index in [1.54, 1.807) is 0 Å². The Morgan fingerprint density at radius 2 is 2.00 bits per heavy atom. The predicted molar refractivity (Wildman–Crippen MR) is 39.5 cm³/mol. The lowest BCUT2D eigenvalue weighted by molar-refractivity contribution is 0.445. The molecule has 0 aliphatic carbocycles. The Labute approximate surface area is 61.5 Å². The van der Waals surface area contributed by atoms with Crippen LogP contribution in [0.4, 0.5) is 0 Å². The average Bonchev–Trinajstić information content (AvgIpc) is 2.20. The van der Waals surface area contributed by atoms with Crippen LogP contribution < -0.4 is 0 Å². The van der Waals surface area contributed by atoms with Gasteiger partial charge < -0.3 is 0 Å². The number of sulfone groups is 1.